The molecule has 2 amide bonds. The van der Waals surface area contributed by atoms with Gasteiger partial charge in [0.05, 0.1) is 29.9 Å². The second kappa shape index (κ2) is 9.21. The molecule has 5 aromatic rings. The third-order valence-electron chi connectivity index (χ3n) is 6.18. The fourth-order valence-electron chi connectivity index (χ4n) is 4.40. The predicted octanol–water partition coefficient (Wildman–Crippen LogP) is 4.58. The summed E-state index contributed by atoms with van der Waals surface area (Å²) in [5.41, 5.74) is 4.77. The Morgan fingerprint density at radius 1 is 1.00 bits per heavy atom. The minimum Gasteiger partial charge on any atom is -0.379 e. The topological polar surface area (TPSA) is 111 Å². The summed E-state index contributed by atoms with van der Waals surface area (Å²) in [6.07, 6.45) is 1.65. The van der Waals surface area contributed by atoms with E-state index < -0.39 is 0 Å². The van der Waals surface area contributed by atoms with Crippen molar-refractivity contribution in [1.82, 2.24) is 25.1 Å². The van der Waals surface area contributed by atoms with Crippen LogP contribution in [-0.4, -0.2) is 57.4 Å². The number of rotatable bonds is 5. The monoisotopic (exact) mass is 467 g/mol. The first-order chi connectivity index (χ1) is 17.2. The number of urea groups is 1. The number of fused-ring (bicyclic) bond motifs is 2. The molecule has 9 heteroatoms. The number of hydrogen-bond acceptors (Lipinski definition) is 5. The minimum atomic E-state index is -0.355. The van der Waals surface area contributed by atoms with Crippen LogP contribution in [0.4, 0.5) is 16.2 Å². The first-order valence-corrected chi connectivity index (χ1v) is 11.6. The van der Waals surface area contributed by atoms with Gasteiger partial charge in [0.15, 0.2) is 11.5 Å². The molecule has 0 bridgehead atoms. The van der Waals surface area contributed by atoms with Crippen LogP contribution in [-0.2, 0) is 11.3 Å². The van der Waals surface area contributed by atoms with E-state index in [9.17, 15) is 4.79 Å². The molecule has 3 aromatic carbocycles. The molecule has 176 valence electrons. The molecule has 0 aliphatic carbocycles. The fourth-order valence-corrected chi connectivity index (χ4v) is 4.40. The molecule has 1 saturated heterocycles. The van der Waals surface area contributed by atoms with Crippen LogP contribution in [0.2, 0.25) is 0 Å². The standard InChI is InChI=1S/C26H25N7O2/c34-26(28-20-7-6-18-3-1-2-4-19(18)14-20)31-23-15-27-32-24(23)25-29-21-8-5-17(13-22(21)30-25)16-33-9-11-35-12-10-33/h1-8,13-15H,9-12,16H2,(H,27,32)(H,29,30)(H2,28,31,34). The molecule has 0 spiro atoms. The molecule has 1 aliphatic heterocycles. The molecule has 0 atom stereocenters. The van der Waals surface area contributed by atoms with Crippen LogP contribution >= 0.6 is 0 Å². The fraction of sp³-hybridized carbons (Fsp3) is 0.192. The average molecular weight is 468 g/mol. The van der Waals surface area contributed by atoms with E-state index in [0.29, 0.717) is 22.9 Å². The molecule has 35 heavy (non-hydrogen) atoms. The summed E-state index contributed by atoms with van der Waals surface area (Å²) in [6, 6.07) is 19.7. The van der Waals surface area contributed by atoms with E-state index in [0.717, 1.165) is 54.7 Å². The number of ether oxygens (including phenoxy) is 1. The lowest BCUT2D eigenvalue weighted by Crippen LogP contribution is -2.35. The van der Waals surface area contributed by atoms with Crippen LogP contribution in [0.1, 0.15) is 5.56 Å². The van der Waals surface area contributed by atoms with Crippen LogP contribution < -0.4 is 10.6 Å². The normalized spacial score (nSPS) is 14.4. The van der Waals surface area contributed by atoms with E-state index in [1.807, 2.05) is 48.5 Å². The average Bonchev–Trinajstić information content (AvgIpc) is 3.51. The third kappa shape index (κ3) is 4.59. The van der Waals surface area contributed by atoms with Crippen LogP contribution in [0.15, 0.2) is 66.9 Å². The van der Waals surface area contributed by atoms with E-state index in [4.69, 9.17) is 9.72 Å². The summed E-state index contributed by atoms with van der Waals surface area (Å²) >= 11 is 0. The van der Waals surface area contributed by atoms with Gasteiger partial charge in [-0.2, -0.15) is 5.10 Å². The Labute approximate surface area is 201 Å². The maximum Gasteiger partial charge on any atom is 0.323 e. The van der Waals surface area contributed by atoms with E-state index >= 15 is 0 Å². The maximum absolute atomic E-state index is 12.7. The van der Waals surface area contributed by atoms with Gasteiger partial charge in [-0.1, -0.05) is 36.4 Å². The lowest BCUT2D eigenvalue weighted by Gasteiger charge is -2.26. The Balaban J connectivity index is 1.18. The second-order valence-electron chi connectivity index (χ2n) is 8.61. The Kier molecular flexibility index (Phi) is 5.61. The van der Waals surface area contributed by atoms with Crippen molar-refractivity contribution in [2.24, 2.45) is 0 Å². The summed E-state index contributed by atoms with van der Waals surface area (Å²) in [5.74, 6) is 0.589. The number of aromatic nitrogens is 4. The molecule has 2 aromatic heterocycles. The molecule has 1 fully saturated rings. The van der Waals surface area contributed by atoms with E-state index in [1.54, 1.807) is 6.20 Å². The number of H-pyrrole nitrogens is 2. The van der Waals surface area contributed by atoms with Crippen molar-refractivity contribution in [3.05, 3.63) is 72.4 Å². The Morgan fingerprint density at radius 2 is 1.86 bits per heavy atom. The van der Waals surface area contributed by atoms with Gasteiger partial charge in [0.25, 0.3) is 0 Å². The van der Waals surface area contributed by atoms with E-state index in [-0.39, 0.29) is 6.03 Å². The summed E-state index contributed by atoms with van der Waals surface area (Å²) in [7, 11) is 0. The van der Waals surface area contributed by atoms with Crippen LogP contribution in [0.25, 0.3) is 33.3 Å². The van der Waals surface area contributed by atoms with Gasteiger partial charge >= 0.3 is 6.03 Å². The number of carbonyl (C=O) groups excluding carboxylic acids is 1. The number of benzene rings is 3. The molecule has 0 unspecified atom stereocenters. The van der Waals surface area contributed by atoms with Crippen molar-refractivity contribution in [3.63, 3.8) is 0 Å². The second-order valence-corrected chi connectivity index (χ2v) is 8.61. The summed E-state index contributed by atoms with van der Waals surface area (Å²) in [4.78, 5) is 23.1. The molecule has 3 heterocycles. The third-order valence-corrected chi connectivity index (χ3v) is 6.18. The molecule has 4 N–H and O–H groups in total. The van der Waals surface area contributed by atoms with Crippen molar-refractivity contribution in [3.8, 4) is 11.5 Å². The molecule has 1 aliphatic rings. The van der Waals surface area contributed by atoms with Crippen molar-refractivity contribution >= 4 is 39.2 Å². The highest BCUT2D eigenvalue weighted by atomic mass is 16.5. The highest BCUT2D eigenvalue weighted by Crippen LogP contribution is 2.26. The predicted molar refractivity (Wildman–Crippen MR) is 136 cm³/mol. The minimum absolute atomic E-state index is 0.355. The van der Waals surface area contributed by atoms with Crippen molar-refractivity contribution in [2.45, 2.75) is 6.54 Å². The molecule has 0 saturated carbocycles. The maximum atomic E-state index is 12.7. The lowest BCUT2D eigenvalue weighted by atomic mass is 10.1. The van der Waals surface area contributed by atoms with Gasteiger partial charge < -0.3 is 20.4 Å². The van der Waals surface area contributed by atoms with Crippen molar-refractivity contribution in [1.29, 1.82) is 0 Å². The number of nitrogens with zero attached hydrogens (tertiary/aromatic N) is 3. The Bertz CT molecular complexity index is 1500. The quantitative estimate of drug-likeness (QED) is 0.302. The number of amides is 2. The van der Waals surface area contributed by atoms with Gasteiger partial charge in [-0.15, -0.1) is 0 Å². The molecule has 9 nitrogen and oxygen atoms in total. The van der Waals surface area contributed by atoms with Gasteiger partial charge in [-0.3, -0.25) is 10.00 Å². The molecular weight excluding hydrogens is 442 g/mol. The lowest BCUT2D eigenvalue weighted by molar-refractivity contribution is 0.0342. The Morgan fingerprint density at radius 3 is 2.74 bits per heavy atom. The van der Waals surface area contributed by atoms with E-state index in [1.165, 1.54) is 5.56 Å². The van der Waals surface area contributed by atoms with Crippen molar-refractivity contribution in [2.75, 3.05) is 36.9 Å². The number of hydrogen-bond donors (Lipinski definition) is 4. The zero-order chi connectivity index (χ0) is 23.6. The number of carbonyl (C=O) groups is 1. The molecular formula is C26H25N7O2. The number of morpholine rings is 1. The number of anilines is 2. The zero-order valence-electron chi connectivity index (χ0n) is 19.0. The number of nitrogens with one attached hydrogen (secondary N) is 4. The highest BCUT2D eigenvalue weighted by Gasteiger charge is 2.16. The SMILES string of the molecule is O=C(Nc1ccc2ccccc2c1)Nc1c[nH]nc1-c1nc2cc(CN3CCOCC3)ccc2[nH]1. The molecule has 6 rings (SSSR count). The van der Waals surface area contributed by atoms with Crippen molar-refractivity contribution < 1.29 is 9.53 Å². The summed E-state index contributed by atoms with van der Waals surface area (Å²) < 4.78 is 5.44. The first kappa shape index (κ1) is 21.3. The Hall–Kier alpha value is -4.21. The zero-order valence-corrected chi connectivity index (χ0v) is 19.0. The van der Waals surface area contributed by atoms with Crippen LogP contribution in [0.5, 0.6) is 0 Å². The largest absolute Gasteiger partial charge is 0.379 e. The summed E-state index contributed by atoms with van der Waals surface area (Å²) in [6.45, 7) is 4.29. The van der Waals surface area contributed by atoms with Crippen LogP contribution in [0, 0.1) is 0 Å². The molecule has 0 radical (unpaired) electrons. The van der Waals surface area contributed by atoms with Gasteiger partial charge in [0, 0.05) is 31.5 Å². The van der Waals surface area contributed by atoms with Crippen LogP contribution in [0.3, 0.4) is 0 Å². The summed E-state index contributed by atoms with van der Waals surface area (Å²) in [5, 5.41) is 15.1. The van der Waals surface area contributed by atoms with Gasteiger partial charge in [0.1, 0.15) is 0 Å². The van der Waals surface area contributed by atoms with E-state index in [2.05, 4.69) is 42.8 Å². The smallest absolute Gasteiger partial charge is 0.323 e. The number of imidazole rings is 1. The van der Waals surface area contributed by atoms with Gasteiger partial charge in [-0.25, -0.2) is 9.78 Å². The first-order valence-electron chi connectivity index (χ1n) is 11.6. The van der Waals surface area contributed by atoms with Gasteiger partial charge in [-0.05, 0) is 40.6 Å². The highest BCUT2D eigenvalue weighted by molar-refractivity contribution is 6.02. The number of aromatic amines is 2. The van der Waals surface area contributed by atoms with Gasteiger partial charge in [0.2, 0.25) is 0 Å².